The van der Waals surface area contributed by atoms with Crippen LogP contribution in [0.15, 0.2) is 66.9 Å². The van der Waals surface area contributed by atoms with Gasteiger partial charge in [0.25, 0.3) is 0 Å². The molecule has 0 saturated carbocycles. The first-order valence-electron chi connectivity index (χ1n) is 9.12. The van der Waals surface area contributed by atoms with E-state index in [0.29, 0.717) is 12.5 Å². The van der Waals surface area contributed by atoms with Crippen molar-refractivity contribution in [3.05, 3.63) is 83.9 Å². The molecule has 0 aliphatic carbocycles. The van der Waals surface area contributed by atoms with Crippen LogP contribution in [0.5, 0.6) is 0 Å². The van der Waals surface area contributed by atoms with Gasteiger partial charge >= 0.3 is 0 Å². The van der Waals surface area contributed by atoms with Crippen LogP contribution in [0.4, 0.5) is 21.8 Å². The Labute approximate surface area is 162 Å². The molecule has 0 aliphatic rings. The number of nitrogens with one attached hydrogen (secondary N) is 2. The standard InChI is InChI=1S/C22H20FN5/c1-15-14-20(24-13-11-16-7-9-18(23)10-8-16)28-22(26-15)27-19-6-2-4-17-5-3-12-25-21(17)19/h2-10,12,14H,11,13H2,1H3,(H2,24,26,27,28). The number of aromatic nitrogens is 3. The molecule has 0 spiro atoms. The van der Waals surface area contributed by atoms with E-state index in [9.17, 15) is 4.39 Å². The Morgan fingerprint density at radius 1 is 0.964 bits per heavy atom. The van der Waals surface area contributed by atoms with Crippen molar-refractivity contribution in [1.29, 1.82) is 0 Å². The molecule has 140 valence electrons. The quantitative estimate of drug-likeness (QED) is 0.505. The fourth-order valence-electron chi connectivity index (χ4n) is 3.03. The summed E-state index contributed by atoms with van der Waals surface area (Å²) in [6.07, 6.45) is 2.55. The SMILES string of the molecule is Cc1cc(NCCc2ccc(F)cc2)nc(Nc2cccc3cccnc23)n1. The average Bonchev–Trinajstić information content (AvgIpc) is 2.69. The molecule has 0 bridgehead atoms. The van der Waals surface area contributed by atoms with Crippen molar-refractivity contribution in [2.24, 2.45) is 0 Å². The Morgan fingerprint density at radius 3 is 2.64 bits per heavy atom. The van der Waals surface area contributed by atoms with E-state index in [1.54, 1.807) is 18.3 Å². The number of pyridine rings is 1. The number of aryl methyl sites for hydroxylation is 1. The monoisotopic (exact) mass is 373 g/mol. The Morgan fingerprint density at radius 2 is 1.79 bits per heavy atom. The van der Waals surface area contributed by atoms with Crippen LogP contribution < -0.4 is 10.6 Å². The zero-order valence-corrected chi connectivity index (χ0v) is 15.5. The van der Waals surface area contributed by atoms with Crippen LogP contribution in [0.3, 0.4) is 0 Å². The van der Waals surface area contributed by atoms with Crippen LogP contribution >= 0.6 is 0 Å². The Bertz CT molecular complexity index is 1090. The van der Waals surface area contributed by atoms with Crippen molar-refractivity contribution >= 4 is 28.4 Å². The first kappa shape index (κ1) is 17.9. The summed E-state index contributed by atoms with van der Waals surface area (Å²) in [5.74, 6) is 1.04. The summed E-state index contributed by atoms with van der Waals surface area (Å²) in [6, 6.07) is 18.3. The molecule has 0 radical (unpaired) electrons. The van der Waals surface area contributed by atoms with Gasteiger partial charge in [0.15, 0.2) is 0 Å². The molecule has 4 aromatic rings. The molecule has 0 aliphatic heterocycles. The van der Waals surface area contributed by atoms with Gasteiger partial charge in [-0.05, 0) is 43.2 Å². The number of hydrogen-bond acceptors (Lipinski definition) is 5. The molecule has 2 aromatic carbocycles. The first-order chi connectivity index (χ1) is 13.7. The third-order valence-electron chi connectivity index (χ3n) is 4.37. The van der Waals surface area contributed by atoms with Gasteiger partial charge in [-0.2, -0.15) is 4.98 Å². The predicted octanol–water partition coefficient (Wildman–Crippen LogP) is 4.87. The summed E-state index contributed by atoms with van der Waals surface area (Å²) in [5, 5.41) is 7.64. The van der Waals surface area contributed by atoms with E-state index in [-0.39, 0.29) is 5.82 Å². The van der Waals surface area contributed by atoms with Crippen molar-refractivity contribution in [3.63, 3.8) is 0 Å². The number of hydrogen-bond donors (Lipinski definition) is 2. The molecule has 0 atom stereocenters. The Kier molecular flexibility index (Phi) is 5.10. The highest BCUT2D eigenvalue weighted by atomic mass is 19.1. The first-order valence-corrected chi connectivity index (χ1v) is 9.12. The second kappa shape index (κ2) is 8.00. The Hall–Kier alpha value is -3.54. The second-order valence-corrected chi connectivity index (χ2v) is 6.53. The highest BCUT2D eigenvalue weighted by Gasteiger charge is 2.06. The van der Waals surface area contributed by atoms with Crippen LogP contribution in [-0.4, -0.2) is 21.5 Å². The Balaban J connectivity index is 1.48. The number of para-hydroxylation sites is 1. The van der Waals surface area contributed by atoms with E-state index < -0.39 is 0 Å². The van der Waals surface area contributed by atoms with Crippen LogP contribution in [0.25, 0.3) is 10.9 Å². The third-order valence-corrected chi connectivity index (χ3v) is 4.37. The van der Waals surface area contributed by atoms with E-state index in [4.69, 9.17) is 0 Å². The van der Waals surface area contributed by atoms with Crippen LogP contribution in [0, 0.1) is 12.7 Å². The normalized spacial score (nSPS) is 10.8. The summed E-state index contributed by atoms with van der Waals surface area (Å²) >= 11 is 0. The molecule has 0 unspecified atom stereocenters. The van der Waals surface area contributed by atoms with Gasteiger partial charge in [0.05, 0.1) is 11.2 Å². The van der Waals surface area contributed by atoms with Crippen LogP contribution in [0.2, 0.25) is 0 Å². The highest BCUT2D eigenvalue weighted by molar-refractivity contribution is 5.91. The molecule has 6 heteroatoms. The van der Waals surface area contributed by atoms with Crippen molar-refractivity contribution in [2.45, 2.75) is 13.3 Å². The molecule has 0 saturated heterocycles. The molecule has 4 rings (SSSR count). The second-order valence-electron chi connectivity index (χ2n) is 6.53. The molecule has 2 aromatic heterocycles. The van der Waals surface area contributed by atoms with Gasteiger partial charge in [0.2, 0.25) is 5.95 Å². The predicted molar refractivity (Wildman–Crippen MR) is 110 cm³/mol. The number of benzene rings is 2. The van der Waals surface area contributed by atoms with Gasteiger partial charge < -0.3 is 10.6 Å². The average molecular weight is 373 g/mol. The van der Waals surface area contributed by atoms with Gasteiger partial charge in [-0.25, -0.2) is 9.37 Å². The lowest BCUT2D eigenvalue weighted by Crippen LogP contribution is -2.09. The van der Waals surface area contributed by atoms with Crippen LogP contribution in [0.1, 0.15) is 11.3 Å². The molecular formula is C22H20FN5. The lowest BCUT2D eigenvalue weighted by atomic mass is 10.1. The highest BCUT2D eigenvalue weighted by Crippen LogP contribution is 2.23. The number of anilines is 3. The molecule has 2 N–H and O–H groups in total. The maximum Gasteiger partial charge on any atom is 0.229 e. The topological polar surface area (TPSA) is 62.7 Å². The van der Waals surface area contributed by atoms with E-state index >= 15 is 0 Å². The molecule has 2 heterocycles. The number of rotatable bonds is 6. The summed E-state index contributed by atoms with van der Waals surface area (Å²) in [5.41, 5.74) is 3.66. The fourth-order valence-corrected chi connectivity index (χ4v) is 3.03. The number of fused-ring (bicyclic) bond motifs is 1. The van der Waals surface area contributed by atoms with Gasteiger partial charge in [-0.3, -0.25) is 4.98 Å². The minimum atomic E-state index is -0.221. The van der Waals surface area contributed by atoms with Crippen molar-refractivity contribution in [3.8, 4) is 0 Å². The van der Waals surface area contributed by atoms with Crippen molar-refractivity contribution in [1.82, 2.24) is 15.0 Å². The smallest absolute Gasteiger partial charge is 0.229 e. The van der Waals surface area contributed by atoms with Gasteiger partial charge in [0, 0.05) is 29.9 Å². The molecule has 0 fully saturated rings. The minimum Gasteiger partial charge on any atom is -0.370 e. The zero-order chi connectivity index (χ0) is 19.3. The van der Waals surface area contributed by atoms with E-state index in [1.165, 1.54) is 12.1 Å². The maximum atomic E-state index is 13.0. The number of nitrogens with zero attached hydrogens (tertiary/aromatic N) is 3. The fraction of sp³-hybridized carbons (Fsp3) is 0.136. The minimum absolute atomic E-state index is 0.221. The summed E-state index contributed by atoms with van der Waals surface area (Å²) < 4.78 is 13.0. The lowest BCUT2D eigenvalue weighted by molar-refractivity contribution is 0.627. The molecule has 0 amide bonds. The lowest BCUT2D eigenvalue weighted by Gasteiger charge is -2.11. The van der Waals surface area contributed by atoms with Gasteiger partial charge in [0.1, 0.15) is 11.6 Å². The maximum absolute atomic E-state index is 13.0. The van der Waals surface area contributed by atoms with Crippen molar-refractivity contribution < 1.29 is 4.39 Å². The van der Waals surface area contributed by atoms with Gasteiger partial charge in [-0.15, -0.1) is 0 Å². The molecule has 28 heavy (non-hydrogen) atoms. The molecular weight excluding hydrogens is 353 g/mol. The summed E-state index contributed by atoms with van der Waals surface area (Å²) in [6.45, 7) is 2.62. The summed E-state index contributed by atoms with van der Waals surface area (Å²) in [4.78, 5) is 13.5. The van der Waals surface area contributed by atoms with Crippen LogP contribution in [-0.2, 0) is 6.42 Å². The summed E-state index contributed by atoms with van der Waals surface area (Å²) in [7, 11) is 0. The van der Waals surface area contributed by atoms with E-state index in [1.807, 2.05) is 43.3 Å². The third kappa shape index (κ3) is 4.23. The van der Waals surface area contributed by atoms with E-state index in [0.717, 1.165) is 40.1 Å². The molecule has 5 nitrogen and oxygen atoms in total. The number of halogens is 1. The largest absolute Gasteiger partial charge is 0.370 e. The van der Waals surface area contributed by atoms with Crippen molar-refractivity contribution in [2.75, 3.05) is 17.2 Å². The van der Waals surface area contributed by atoms with Gasteiger partial charge in [-0.1, -0.05) is 30.3 Å². The zero-order valence-electron chi connectivity index (χ0n) is 15.5. The van der Waals surface area contributed by atoms with E-state index in [2.05, 4.69) is 25.6 Å².